The van der Waals surface area contributed by atoms with Gasteiger partial charge in [0.05, 0.1) is 10.6 Å². The Morgan fingerprint density at radius 2 is 1.42 bits per heavy atom. The molecule has 1 aliphatic carbocycles. The van der Waals surface area contributed by atoms with Crippen LogP contribution in [0.5, 0.6) is 0 Å². The van der Waals surface area contributed by atoms with Crippen LogP contribution in [0.25, 0.3) is 0 Å². The largest absolute Gasteiger partial charge is 0.352 e. The number of rotatable bonds is 12. The Bertz CT molecular complexity index is 1680. The van der Waals surface area contributed by atoms with Gasteiger partial charge >= 0.3 is 0 Å². The molecule has 1 N–H and O–H groups in total. The highest BCUT2D eigenvalue weighted by atomic mass is 32.2. The zero-order valence-electron chi connectivity index (χ0n) is 25.3. The van der Waals surface area contributed by atoms with Gasteiger partial charge in [0.25, 0.3) is 10.0 Å². The Labute approximate surface area is 264 Å². The van der Waals surface area contributed by atoms with E-state index in [2.05, 4.69) is 5.32 Å². The molecule has 1 fully saturated rings. The number of sulfonamides is 1. The molecule has 234 valence electrons. The first-order valence-electron chi connectivity index (χ1n) is 15.2. The number of hydrogen-bond donors (Lipinski definition) is 1. The molecule has 0 aliphatic heterocycles. The first-order valence-corrected chi connectivity index (χ1v) is 16.7. The zero-order chi connectivity index (χ0) is 31.8. The summed E-state index contributed by atoms with van der Waals surface area (Å²) in [5.41, 5.74) is 2.73. The Morgan fingerprint density at radius 1 is 0.822 bits per heavy atom. The normalized spacial score (nSPS) is 14.1. The molecule has 1 saturated carbocycles. The van der Waals surface area contributed by atoms with Crippen molar-refractivity contribution in [1.82, 2.24) is 10.2 Å². The van der Waals surface area contributed by atoms with Crippen molar-refractivity contribution in [3.05, 3.63) is 132 Å². The third-order valence-corrected chi connectivity index (χ3v) is 9.96. The van der Waals surface area contributed by atoms with E-state index in [1.54, 1.807) is 54.6 Å². The second-order valence-electron chi connectivity index (χ2n) is 11.5. The molecule has 45 heavy (non-hydrogen) atoms. The highest BCUT2D eigenvalue weighted by Gasteiger charge is 2.35. The maximum atomic E-state index is 14.5. The van der Waals surface area contributed by atoms with Crippen molar-refractivity contribution in [1.29, 1.82) is 0 Å². The summed E-state index contributed by atoms with van der Waals surface area (Å²) in [6, 6.07) is 29.1. The smallest absolute Gasteiger partial charge is 0.264 e. The van der Waals surface area contributed by atoms with Crippen LogP contribution >= 0.6 is 0 Å². The minimum absolute atomic E-state index is 0.0121. The topological polar surface area (TPSA) is 86.8 Å². The van der Waals surface area contributed by atoms with Crippen LogP contribution in [-0.4, -0.2) is 43.8 Å². The lowest BCUT2D eigenvalue weighted by atomic mass is 10.0. The highest BCUT2D eigenvalue weighted by molar-refractivity contribution is 7.92. The van der Waals surface area contributed by atoms with E-state index in [-0.39, 0.29) is 29.8 Å². The highest BCUT2D eigenvalue weighted by Crippen LogP contribution is 2.26. The third-order valence-electron chi connectivity index (χ3n) is 8.17. The first-order chi connectivity index (χ1) is 21.7. The standard InChI is InChI=1S/C36H38FN3O4S/c1-27-16-22-32(23-17-27)40(45(43,44)33-14-6-3-7-15-33)26-35(41)39(25-29-18-20-30(37)21-19-29)34(24-28-10-4-2-5-11-28)36(42)38-31-12-8-9-13-31/h2-7,10-11,14-23,31,34H,8-9,12-13,24-26H2,1H3,(H,38,42)/t34-/m0/s1. The average molecular weight is 628 g/mol. The lowest BCUT2D eigenvalue weighted by molar-refractivity contribution is -0.140. The second kappa shape index (κ2) is 14.5. The molecule has 7 nitrogen and oxygen atoms in total. The molecule has 0 unspecified atom stereocenters. The number of aryl methyl sites for hydroxylation is 1. The molecule has 2 amide bonds. The number of carbonyl (C=O) groups is 2. The third kappa shape index (κ3) is 8.16. The molecule has 4 aromatic rings. The van der Waals surface area contributed by atoms with Crippen LogP contribution in [0.2, 0.25) is 0 Å². The van der Waals surface area contributed by atoms with Gasteiger partial charge in [0.2, 0.25) is 11.8 Å². The van der Waals surface area contributed by atoms with Crippen LogP contribution in [0.15, 0.2) is 114 Å². The van der Waals surface area contributed by atoms with Crippen molar-refractivity contribution < 1.29 is 22.4 Å². The summed E-state index contributed by atoms with van der Waals surface area (Å²) in [5, 5.41) is 3.15. The van der Waals surface area contributed by atoms with Crippen LogP contribution in [0.1, 0.15) is 42.4 Å². The lowest BCUT2D eigenvalue weighted by Crippen LogP contribution is -2.54. The van der Waals surface area contributed by atoms with Crippen LogP contribution in [0.3, 0.4) is 0 Å². The molecule has 4 aromatic carbocycles. The van der Waals surface area contributed by atoms with E-state index in [1.165, 1.54) is 29.2 Å². The van der Waals surface area contributed by atoms with Gasteiger partial charge in [-0.15, -0.1) is 0 Å². The minimum Gasteiger partial charge on any atom is -0.352 e. The number of hydrogen-bond acceptors (Lipinski definition) is 4. The fourth-order valence-electron chi connectivity index (χ4n) is 5.67. The zero-order valence-corrected chi connectivity index (χ0v) is 26.1. The van der Waals surface area contributed by atoms with E-state index >= 15 is 0 Å². The van der Waals surface area contributed by atoms with Gasteiger partial charge in [-0.2, -0.15) is 0 Å². The number of carbonyl (C=O) groups excluding carboxylic acids is 2. The summed E-state index contributed by atoms with van der Waals surface area (Å²) < 4.78 is 43.0. The number of benzene rings is 4. The molecule has 0 saturated heterocycles. The van der Waals surface area contributed by atoms with Crippen LogP contribution in [0.4, 0.5) is 10.1 Å². The Morgan fingerprint density at radius 3 is 2.04 bits per heavy atom. The molecule has 1 atom stereocenters. The average Bonchev–Trinajstić information content (AvgIpc) is 3.57. The van der Waals surface area contributed by atoms with E-state index in [9.17, 15) is 22.4 Å². The fourth-order valence-corrected chi connectivity index (χ4v) is 7.10. The molecule has 1 aliphatic rings. The molecule has 0 bridgehead atoms. The number of nitrogens with zero attached hydrogens (tertiary/aromatic N) is 2. The summed E-state index contributed by atoms with van der Waals surface area (Å²) >= 11 is 0. The van der Waals surface area contributed by atoms with E-state index in [0.717, 1.165) is 41.1 Å². The summed E-state index contributed by atoms with van der Waals surface area (Å²) in [5.74, 6) is -1.27. The van der Waals surface area contributed by atoms with E-state index in [4.69, 9.17) is 0 Å². The quantitative estimate of drug-likeness (QED) is 0.208. The van der Waals surface area contributed by atoms with E-state index in [0.29, 0.717) is 11.3 Å². The Kier molecular flexibility index (Phi) is 10.3. The maximum Gasteiger partial charge on any atom is 0.264 e. The van der Waals surface area contributed by atoms with Gasteiger partial charge in [-0.1, -0.05) is 91.2 Å². The van der Waals surface area contributed by atoms with Gasteiger partial charge in [-0.25, -0.2) is 12.8 Å². The lowest BCUT2D eigenvalue weighted by Gasteiger charge is -2.34. The summed E-state index contributed by atoms with van der Waals surface area (Å²) in [6.45, 7) is 1.35. The van der Waals surface area contributed by atoms with Gasteiger partial charge in [-0.3, -0.25) is 13.9 Å². The SMILES string of the molecule is Cc1ccc(N(CC(=O)N(Cc2ccc(F)cc2)[C@@H](Cc2ccccc2)C(=O)NC2CCCC2)S(=O)(=O)c2ccccc2)cc1. The molecule has 5 rings (SSSR count). The molecular weight excluding hydrogens is 589 g/mol. The number of halogens is 1. The molecule has 9 heteroatoms. The molecule has 0 aromatic heterocycles. The van der Waals surface area contributed by atoms with Crippen molar-refractivity contribution in [3.8, 4) is 0 Å². The molecular formula is C36H38FN3O4S. The van der Waals surface area contributed by atoms with Crippen molar-refractivity contribution in [2.75, 3.05) is 10.8 Å². The van der Waals surface area contributed by atoms with Gasteiger partial charge in [0.15, 0.2) is 0 Å². The number of nitrogens with one attached hydrogen (secondary N) is 1. The maximum absolute atomic E-state index is 14.5. The van der Waals surface area contributed by atoms with Crippen LogP contribution in [0, 0.1) is 12.7 Å². The van der Waals surface area contributed by atoms with Crippen molar-refractivity contribution >= 4 is 27.5 Å². The van der Waals surface area contributed by atoms with Crippen LogP contribution in [-0.2, 0) is 32.6 Å². The van der Waals surface area contributed by atoms with Gasteiger partial charge in [0, 0.05) is 19.0 Å². The molecule has 0 heterocycles. The Balaban J connectivity index is 1.55. The summed E-state index contributed by atoms with van der Waals surface area (Å²) in [7, 11) is -4.16. The first kappa shape index (κ1) is 31.9. The predicted molar refractivity (Wildman–Crippen MR) is 173 cm³/mol. The minimum atomic E-state index is -4.16. The monoisotopic (exact) mass is 627 g/mol. The Hall–Kier alpha value is -4.50. The van der Waals surface area contributed by atoms with E-state index < -0.39 is 34.3 Å². The van der Waals surface area contributed by atoms with Gasteiger partial charge in [-0.05, 0) is 67.3 Å². The predicted octanol–water partition coefficient (Wildman–Crippen LogP) is 6.03. The van der Waals surface area contributed by atoms with Crippen LogP contribution < -0.4 is 9.62 Å². The fraction of sp³-hybridized carbons (Fsp3) is 0.278. The van der Waals surface area contributed by atoms with E-state index in [1.807, 2.05) is 37.3 Å². The molecule has 0 spiro atoms. The van der Waals surface area contributed by atoms with Gasteiger partial charge < -0.3 is 10.2 Å². The van der Waals surface area contributed by atoms with Crippen molar-refractivity contribution in [2.45, 2.75) is 62.6 Å². The van der Waals surface area contributed by atoms with Gasteiger partial charge in [0.1, 0.15) is 18.4 Å². The molecule has 0 radical (unpaired) electrons. The summed E-state index contributed by atoms with van der Waals surface area (Å²) in [4.78, 5) is 30.0. The van der Waals surface area contributed by atoms with Crippen molar-refractivity contribution in [2.24, 2.45) is 0 Å². The number of amides is 2. The van der Waals surface area contributed by atoms with Crippen molar-refractivity contribution in [3.63, 3.8) is 0 Å². The second-order valence-corrected chi connectivity index (χ2v) is 13.4. The summed E-state index contributed by atoms with van der Waals surface area (Å²) in [6.07, 6.45) is 4.01. The number of anilines is 1.